The monoisotopic (exact) mass is 650 g/mol. The third-order valence-electron chi connectivity index (χ3n) is 5.82. The maximum absolute atomic E-state index is 12.6. The number of terminal acetylenes is 1. The molecule has 1 aromatic carbocycles. The predicted octanol–water partition coefficient (Wildman–Crippen LogP) is -2.97. The number of carbonyl (C=O) groups excluding carboxylic acids is 7. The van der Waals surface area contributed by atoms with Gasteiger partial charge >= 0.3 is 11.8 Å². The smallest absolute Gasteiger partial charge is 0.315 e. The number of hydrogen-bond donors (Lipinski definition) is 6. The second-order valence-electron chi connectivity index (χ2n) is 9.55. The van der Waals surface area contributed by atoms with Crippen LogP contribution < -0.4 is 31.9 Å². The first-order valence-electron chi connectivity index (χ1n) is 13.8. The number of nitrogens with one attached hydrogen (secondary N) is 6. The van der Waals surface area contributed by atoms with Gasteiger partial charge in [-0.15, -0.1) is 6.42 Å². The van der Waals surface area contributed by atoms with Crippen LogP contribution in [0.25, 0.3) is 0 Å². The van der Waals surface area contributed by atoms with E-state index in [9.17, 15) is 42.0 Å². The van der Waals surface area contributed by atoms with E-state index in [0.29, 0.717) is 6.42 Å². The summed E-state index contributed by atoms with van der Waals surface area (Å²) in [5.41, 5.74) is 0.852. The minimum absolute atomic E-state index is 0.0107. The molecule has 0 spiro atoms. The van der Waals surface area contributed by atoms with Gasteiger partial charge in [-0.25, -0.2) is 0 Å². The molecule has 2 unspecified atom stereocenters. The highest BCUT2D eigenvalue weighted by atomic mass is 32.2. The van der Waals surface area contributed by atoms with Crippen LogP contribution in [0.15, 0.2) is 30.3 Å². The van der Waals surface area contributed by atoms with Gasteiger partial charge in [-0.2, -0.15) is 8.42 Å². The highest BCUT2D eigenvalue weighted by Crippen LogP contribution is 2.05. The van der Waals surface area contributed by atoms with E-state index >= 15 is 0 Å². The third-order valence-corrected chi connectivity index (χ3v) is 6.38. The number of rotatable bonds is 20. The Kier molecular flexibility index (Phi) is 18.0. The summed E-state index contributed by atoms with van der Waals surface area (Å²) in [7, 11) is -3.79. The Morgan fingerprint density at radius 2 is 1.60 bits per heavy atom. The van der Waals surface area contributed by atoms with Crippen LogP contribution in [0.1, 0.15) is 31.2 Å². The van der Waals surface area contributed by atoms with Crippen molar-refractivity contribution in [1.82, 2.24) is 31.9 Å². The molecule has 0 aliphatic rings. The minimum Gasteiger partial charge on any atom is -0.351 e. The van der Waals surface area contributed by atoms with Crippen LogP contribution in [-0.2, 0) is 54.3 Å². The average Bonchev–Trinajstić information content (AvgIpc) is 3.00. The summed E-state index contributed by atoms with van der Waals surface area (Å²) >= 11 is 0. The van der Waals surface area contributed by atoms with E-state index in [1.165, 1.54) is 0 Å². The normalized spacial score (nSPS) is 12.0. The molecule has 0 bridgehead atoms. The molecule has 2 atom stereocenters. The quantitative estimate of drug-likeness (QED) is 0.0274. The molecule has 6 amide bonds. The molecule has 0 aliphatic heterocycles. The average molecular weight is 651 g/mol. The number of amides is 6. The molecule has 0 radical (unpaired) electrons. The minimum atomic E-state index is -3.79. The second kappa shape index (κ2) is 21.1. The SMILES string of the molecule is C#CCNC(=O)CCC(=O)NC(CCNCCNC(=O)C(=O)NC(=O)C(CCc1ccccc1)NC(=O)C=O)COS(C)(=O)=O. The van der Waals surface area contributed by atoms with Crippen molar-refractivity contribution in [2.45, 2.75) is 44.2 Å². The molecular weight excluding hydrogens is 612 g/mol. The summed E-state index contributed by atoms with van der Waals surface area (Å²) < 4.78 is 27.5. The van der Waals surface area contributed by atoms with Crippen LogP contribution in [0.5, 0.6) is 0 Å². The molecule has 17 heteroatoms. The molecule has 246 valence electrons. The number of benzene rings is 1. The highest BCUT2D eigenvalue weighted by molar-refractivity contribution is 7.85. The van der Waals surface area contributed by atoms with E-state index in [2.05, 4.69) is 32.5 Å². The van der Waals surface area contributed by atoms with Crippen molar-refractivity contribution in [3.8, 4) is 12.3 Å². The van der Waals surface area contributed by atoms with Gasteiger partial charge in [0.1, 0.15) is 6.04 Å². The van der Waals surface area contributed by atoms with Crippen LogP contribution in [-0.4, -0.2) is 101 Å². The largest absolute Gasteiger partial charge is 0.351 e. The Labute approximate surface area is 261 Å². The Morgan fingerprint density at radius 3 is 2.24 bits per heavy atom. The number of aryl methyl sites for hydroxylation is 1. The summed E-state index contributed by atoms with van der Waals surface area (Å²) in [6.07, 6.45) is 6.25. The summed E-state index contributed by atoms with van der Waals surface area (Å²) in [5.74, 6) is -3.09. The summed E-state index contributed by atoms with van der Waals surface area (Å²) in [6, 6.07) is 7.01. The van der Waals surface area contributed by atoms with Gasteiger partial charge in [0.2, 0.25) is 24.0 Å². The van der Waals surface area contributed by atoms with Gasteiger partial charge in [-0.1, -0.05) is 36.3 Å². The lowest BCUT2D eigenvalue weighted by molar-refractivity contribution is -0.143. The van der Waals surface area contributed by atoms with Crippen LogP contribution in [0, 0.1) is 12.3 Å². The number of hydrogen-bond acceptors (Lipinski definition) is 11. The van der Waals surface area contributed by atoms with Crippen molar-refractivity contribution >= 4 is 51.8 Å². The Morgan fingerprint density at radius 1 is 0.911 bits per heavy atom. The standard InChI is InChI=1S/C28H38N6O10S/c1-3-14-30-23(36)11-12-24(37)32-21(19-44-45(2,42)43)13-15-29-16-17-31-27(40)28(41)34-26(39)22(33-25(38)18-35)10-9-20-7-5-4-6-8-20/h1,4-8,18,21-22,29H,9-17,19H2,2H3,(H,30,36)(H,31,40)(H,32,37)(H,33,38)(H,34,39,41). The molecule has 0 fully saturated rings. The van der Waals surface area contributed by atoms with E-state index in [-0.39, 0.29) is 64.8 Å². The molecular formula is C28H38N6O10S. The van der Waals surface area contributed by atoms with E-state index in [1.54, 1.807) is 30.3 Å². The van der Waals surface area contributed by atoms with Gasteiger partial charge in [0.25, 0.3) is 16.0 Å². The number of aldehydes is 1. The van der Waals surface area contributed by atoms with Gasteiger partial charge in [-0.05, 0) is 31.4 Å². The highest BCUT2D eigenvalue weighted by Gasteiger charge is 2.25. The molecule has 1 rings (SSSR count). The molecule has 0 aliphatic carbocycles. The molecule has 45 heavy (non-hydrogen) atoms. The van der Waals surface area contributed by atoms with Gasteiger partial charge < -0.3 is 26.6 Å². The van der Waals surface area contributed by atoms with Crippen LogP contribution in [0.3, 0.4) is 0 Å². The van der Waals surface area contributed by atoms with E-state index in [0.717, 1.165) is 11.8 Å². The van der Waals surface area contributed by atoms with Crippen LogP contribution in [0.2, 0.25) is 0 Å². The maximum atomic E-state index is 12.6. The number of carbonyl (C=O) groups is 7. The molecule has 0 saturated carbocycles. The fourth-order valence-electron chi connectivity index (χ4n) is 3.60. The third kappa shape index (κ3) is 18.6. The van der Waals surface area contributed by atoms with Gasteiger partial charge in [-0.3, -0.25) is 43.1 Å². The van der Waals surface area contributed by atoms with E-state index in [4.69, 9.17) is 10.6 Å². The Hall–Kier alpha value is -4.66. The lowest BCUT2D eigenvalue weighted by Crippen LogP contribution is -2.52. The Bertz CT molecular complexity index is 1330. The van der Waals surface area contributed by atoms with Gasteiger partial charge in [0, 0.05) is 25.9 Å². The molecule has 0 saturated heterocycles. The second-order valence-corrected chi connectivity index (χ2v) is 11.2. The lowest BCUT2D eigenvalue weighted by Gasteiger charge is -2.19. The van der Waals surface area contributed by atoms with Crippen molar-refractivity contribution in [1.29, 1.82) is 0 Å². The zero-order valence-corrected chi connectivity index (χ0v) is 25.6. The molecule has 1 aromatic rings. The van der Waals surface area contributed by atoms with Gasteiger partial charge in [0.05, 0.1) is 25.4 Å². The van der Waals surface area contributed by atoms with Crippen molar-refractivity contribution in [3.05, 3.63) is 35.9 Å². The van der Waals surface area contributed by atoms with Crippen molar-refractivity contribution in [3.63, 3.8) is 0 Å². The van der Waals surface area contributed by atoms with Crippen molar-refractivity contribution in [2.75, 3.05) is 39.0 Å². The molecule has 0 heterocycles. The first kappa shape index (κ1) is 38.4. The van der Waals surface area contributed by atoms with Crippen LogP contribution in [0.4, 0.5) is 0 Å². The first-order valence-corrected chi connectivity index (χ1v) is 15.6. The molecule has 16 nitrogen and oxygen atoms in total. The topological polar surface area (TPSA) is 235 Å². The molecule has 0 aromatic heterocycles. The lowest BCUT2D eigenvalue weighted by atomic mass is 10.0. The zero-order chi connectivity index (χ0) is 33.7. The maximum Gasteiger partial charge on any atom is 0.315 e. The number of imide groups is 1. The predicted molar refractivity (Wildman–Crippen MR) is 160 cm³/mol. The fourth-order valence-corrected chi connectivity index (χ4v) is 4.01. The summed E-state index contributed by atoms with van der Waals surface area (Å²) in [5, 5.41) is 14.4. The van der Waals surface area contributed by atoms with E-state index < -0.39 is 57.6 Å². The van der Waals surface area contributed by atoms with Crippen molar-refractivity contribution in [2.24, 2.45) is 0 Å². The summed E-state index contributed by atoms with van der Waals surface area (Å²) in [6.45, 7) is 0.0350. The summed E-state index contributed by atoms with van der Waals surface area (Å²) in [4.78, 5) is 83.1. The fraction of sp³-hybridized carbons (Fsp3) is 0.464. The zero-order valence-electron chi connectivity index (χ0n) is 24.8. The van der Waals surface area contributed by atoms with Crippen molar-refractivity contribution < 1.29 is 46.2 Å². The first-order chi connectivity index (χ1) is 21.3. The Balaban J connectivity index is 2.49. The van der Waals surface area contributed by atoms with Gasteiger partial charge in [0.15, 0.2) is 0 Å². The molecule has 6 N–H and O–H groups in total. The van der Waals surface area contributed by atoms with Crippen LogP contribution >= 0.6 is 0 Å². The van der Waals surface area contributed by atoms with E-state index in [1.807, 2.05) is 5.32 Å².